The summed E-state index contributed by atoms with van der Waals surface area (Å²) in [6, 6.07) is 1.18. The summed E-state index contributed by atoms with van der Waals surface area (Å²) in [7, 11) is 0. The fourth-order valence-corrected chi connectivity index (χ4v) is 1.51. The molecule has 0 aliphatic carbocycles. The Bertz CT molecular complexity index is 474. The van der Waals surface area contributed by atoms with E-state index in [1.54, 1.807) is 6.92 Å². The number of aromatic amines is 1. The number of hydrogen-bond donors (Lipinski definition) is 1. The lowest BCUT2D eigenvalue weighted by molar-refractivity contribution is 0.0818. The molecule has 0 spiro atoms. The van der Waals surface area contributed by atoms with Gasteiger partial charge in [0.1, 0.15) is 6.73 Å². The fourth-order valence-electron chi connectivity index (χ4n) is 1.19. The van der Waals surface area contributed by atoms with Gasteiger partial charge in [-0.3, -0.25) is 14.3 Å². The second kappa shape index (κ2) is 7.61. The summed E-state index contributed by atoms with van der Waals surface area (Å²) in [6.07, 6.45) is 0. The van der Waals surface area contributed by atoms with E-state index in [0.717, 1.165) is 0 Å². The van der Waals surface area contributed by atoms with Gasteiger partial charge < -0.3 is 4.74 Å². The first-order valence-electron chi connectivity index (χ1n) is 5.66. The molecule has 5 nitrogen and oxygen atoms in total. The third-order valence-electron chi connectivity index (χ3n) is 1.91. The molecule has 18 heavy (non-hydrogen) atoms. The van der Waals surface area contributed by atoms with E-state index in [-0.39, 0.29) is 12.4 Å². The Balaban J connectivity index is 0.00000137. The maximum atomic E-state index is 11.5. The van der Waals surface area contributed by atoms with Crippen LogP contribution in [0, 0.1) is 0 Å². The SMILES string of the molecule is CC.CCOCn1c(C(C)(Cl)Cl)cc(=O)[nH]c1=O. The van der Waals surface area contributed by atoms with Crippen LogP contribution in [0.15, 0.2) is 15.7 Å². The van der Waals surface area contributed by atoms with Crippen LogP contribution in [-0.4, -0.2) is 16.2 Å². The van der Waals surface area contributed by atoms with Crippen LogP contribution in [0.2, 0.25) is 0 Å². The van der Waals surface area contributed by atoms with Crippen LogP contribution in [0.5, 0.6) is 0 Å². The normalized spacial score (nSPS) is 10.8. The second-order valence-electron chi connectivity index (χ2n) is 3.26. The van der Waals surface area contributed by atoms with Crippen LogP contribution in [0.1, 0.15) is 33.4 Å². The highest BCUT2D eigenvalue weighted by atomic mass is 35.5. The van der Waals surface area contributed by atoms with Crippen LogP contribution < -0.4 is 11.2 Å². The number of aromatic nitrogens is 2. The number of nitrogens with zero attached hydrogens (tertiary/aromatic N) is 1. The van der Waals surface area contributed by atoms with Gasteiger partial charge in [0.25, 0.3) is 5.56 Å². The van der Waals surface area contributed by atoms with E-state index in [1.165, 1.54) is 17.6 Å². The number of hydrogen-bond acceptors (Lipinski definition) is 3. The molecule has 0 atom stereocenters. The molecule has 7 heteroatoms. The molecule has 0 radical (unpaired) electrons. The minimum Gasteiger partial charge on any atom is -0.361 e. The third kappa shape index (κ3) is 4.84. The fraction of sp³-hybridized carbons (Fsp3) is 0.636. The van der Waals surface area contributed by atoms with E-state index >= 15 is 0 Å². The molecule has 0 aromatic carbocycles. The van der Waals surface area contributed by atoms with Gasteiger partial charge in [-0.1, -0.05) is 37.0 Å². The minimum atomic E-state index is -1.33. The minimum absolute atomic E-state index is 0.00350. The first-order chi connectivity index (χ1) is 8.36. The number of H-pyrrole nitrogens is 1. The van der Waals surface area contributed by atoms with Crippen molar-refractivity contribution >= 4 is 23.2 Å². The first kappa shape index (κ1) is 17.2. The van der Waals surface area contributed by atoms with Crippen molar-refractivity contribution in [2.75, 3.05) is 6.61 Å². The molecular weight excluding hydrogens is 279 g/mol. The van der Waals surface area contributed by atoms with Gasteiger partial charge in [0.15, 0.2) is 4.33 Å². The van der Waals surface area contributed by atoms with Gasteiger partial charge in [-0.05, 0) is 13.8 Å². The van der Waals surface area contributed by atoms with Gasteiger partial charge in [-0.25, -0.2) is 4.79 Å². The molecule has 0 saturated heterocycles. The highest BCUT2D eigenvalue weighted by Gasteiger charge is 2.25. The zero-order valence-corrected chi connectivity index (χ0v) is 12.4. The maximum Gasteiger partial charge on any atom is 0.330 e. The number of halogens is 2. The van der Waals surface area contributed by atoms with E-state index in [1.807, 2.05) is 13.8 Å². The summed E-state index contributed by atoms with van der Waals surface area (Å²) < 4.78 is 4.96. The largest absolute Gasteiger partial charge is 0.361 e. The van der Waals surface area contributed by atoms with Crippen molar-refractivity contribution in [3.8, 4) is 0 Å². The van der Waals surface area contributed by atoms with Gasteiger partial charge in [0.05, 0.1) is 5.69 Å². The quantitative estimate of drug-likeness (QED) is 0.867. The van der Waals surface area contributed by atoms with Crippen LogP contribution in [0.25, 0.3) is 0 Å². The van der Waals surface area contributed by atoms with Crippen LogP contribution in [-0.2, 0) is 15.8 Å². The Labute approximate surface area is 116 Å². The lowest BCUT2D eigenvalue weighted by Crippen LogP contribution is -2.35. The molecule has 0 fully saturated rings. The van der Waals surface area contributed by atoms with Crippen molar-refractivity contribution in [3.63, 3.8) is 0 Å². The standard InChI is InChI=1S/C9H12Cl2N2O3.C2H6/c1-3-16-5-13-6(9(2,10)11)4-7(14)12-8(13)15;1-2/h4H,3,5H2,1-2H3,(H,12,14,15);1-2H3. The van der Waals surface area contributed by atoms with Crippen LogP contribution in [0.3, 0.4) is 0 Å². The highest BCUT2D eigenvalue weighted by molar-refractivity contribution is 6.47. The van der Waals surface area contributed by atoms with Gasteiger partial charge in [-0.15, -0.1) is 0 Å². The van der Waals surface area contributed by atoms with Crippen molar-refractivity contribution in [2.45, 2.75) is 38.8 Å². The number of nitrogens with one attached hydrogen (secondary N) is 1. The summed E-state index contributed by atoms with van der Waals surface area (Å²) in [5.41, 5.74) is -0.929. The molecule has 104 valence electrons. The van der Waals surface area contributed by atoms with Crippen LogP contribution in [0.4, 0.5) is 0 Å². The molecule has 0 unspecified atom stereocenters. The van der Waals surface area contributed by atoms with Crippen molar-refractivity contribution in [3.05, 3.63) is 32.6 Å². The molecule has 1 aromatic heterocycles. The summed E-state index contributed by atoms with van der Waals surface area (Å²) >= 11 is 11.8. The summed E-state index contributed by atoms with van der Waals surface area (Å²) in [6.45, 7) is 7.70. The van der Waals surface area contributed by atoms with E-state index in [0.29, 0.717) is 6.61 Å². The highest BCUT2D eigenvalue weighted by Crippen LogP contribution is 2.31. The third-order valence-corrected chi connectivity index (χ3v) is 2.30. The Hall–Kier alpha value is -0.780. The van der Waals surface area contributed by atoms with E-state index in [9.17, 15) is 9.59 Å². The van der Waals surface area contributed by atoms with Crippen LogP contribution >= 0.6 is 23.2 Å². The van der Waals surface area contributed by atoms with Gasteiger partial charge in [0, 0.05) is 12.7 Å². The molecular formula is C11H18Cl2N2O3. The van der Waals surface area contributed by atoms with Gasteiger partial charge >= 0.3 is 5.69 Å². The second-order valence-corrected chi connectivity index (χ2v) is 4.97. The average molecular weight is 297 g/mol. The number of ether oxygens (including phenoxy) is 1. The smallest absolute Gasteiger partial charge is 0.330 e. The molecule has 0 saturated carbocycles. The Morgan fingerprint density at radius 3 is 2.39 bits per heavy atom. The first-order valence-corrected chi connectivity index (χ1v) is 6.42. The Morgan fingerprint density at radius 2 is 1.94 bits per heavy atom. The van der Waals surface area contributed by atoms with E-state index in [2.05, 4.69) is 4.98 Å². The zero-order valence-electron chi connectivity index (χ0n) is 10.9. The number of alkyl halides is 2. The molecule has 0 aliphatic rings. The summed E-state index contributed by atoms with van der Waals surface area (Å²) in [5.74, 6) is 0. The predicted octanol–water partition coefficient (Wildman–Crippen LogP) is 2.21. The van der Waals surface area contributed by atoms with Crippen molar-refractivity contribution in [2.24, 2.45) is 0 Å². The summed E-state index contributed by atoms with van der Waals surface area (Å²) in [5, 5.41) is 0. The lowest BCUT2D eigenvalue weighted by atomic mass is 10.3. The van der Waals surface area contributed by atoms with E-state index < -0.39 is 15.6 Å². The Morgan fingerprint density at radius 1 is 1.39 bits per heavy atom. The molecule has 1 rings (SSSR count). The molecule has 0 aliphatic heterocycles. The molecule has 0 amide bonds. The van der Waals surface area contributed by atoms with Gasteiger partial charge in [0.2, 0.25) is 0 Å². The molecule has 1 aromatic rings. The number of rotatable bonds is 4. The average Bonchev–Trinajstić information content (AvgIpc) is 2.28. The molecule has 0 bridgehead atoms. The Kier molecular flexibility index (Phi) is 7.28. The van der Waals surface area contributed by atoms with Gasteiger partial charge in [-0.2, -0.15) is 0 Å². The lowest BCUT2D eigenvalue weighted by Gasteiger charge is -2.18. The molecule has 1 N–H and O–H groups in total. The summed E-state index contributed by atoms with van der Waals surface area (Å²) in [4.78, 5) is 24.8. The predicted molar refractivity (Wildman–Crippen MR) is 73.4 cm³/mol. The zero-order chi connectivity index (χ0) is 14.3. The monoisotopic (exact) mass is 296 g/mol. The van der Waals surface area contributed by atoms with Crippen molar-refractivity contribution in [1.82, 2.24) is 9.55 Å². The molecule has 1 heterocycles. The van der Waals surface area contributed by atoms with Crippen molar-refractivity contribution < 1.29 is 4.74 Å². The maximum absolute atomic E-state index is 11.5. The van der Waals surface area contributed by atoms with E-state index in [4.69, 9.17) is 27.9 Å². The van der Waals surface area contributed by atoms with Crippen molar-refractivity contribution in [1.29, 1.82) is 0 Å². The topological polar surface area (TPSA) is 64.1 Å².